The quantitative estimate of drug-likeness (QED) is 0.627. The van der Waals surface area contributed by atoms with Crippen LogP contribution in [0.1, 0.15) is 13.8 Å². The molecular formula is C8H19N3S. The molecule has 0 aromatic heterocycles. The van der Waals surface area contributed by atoms with E-state index in [9.17, 15) is 0 Å². The Morgan fingerprint density at radius 3 is 2.50 bits per heavy atom. The van der Waals surface area contributed by atoms with Crippen LogP contribution in [0.25, 0.3) is 0 Å². The predicted molar refractivity (Wildman–Crippen MR) is 57.4 cm³/mol. The van der Waals surface area contributed by atoms with Gasteiger partial charge in [0.1, 0.15) is 0 Å². The van der Waals surface area contributed by atoms with E-state index in [0.29, 0.717) is 11.2 Å². The van der Waals surface area contributed by atoms with Gasteiger partial charge in [-0.25, -0.2) is 0 Å². The van der Waals surface area contributed by atoms with Gasteiger partial charge in [-0.15, -0.1) is 0 Å². The molecule has 0 rings (SSSR count). The third kappa shape index (κ3) is 5.32. The lowest BCUT2D eigenvalue weighted by Crippen LogP contribution is -2.39. The van der Waals surface area contributed by atoms with Gasteiger partial charge in [-0.3, -0.25) is 0 Å². The lowest BCUT2D eigenvalue weighted by Gasteiger charge is -2.21. The Kier molecular flexibility index (Phi) is 6.02. The van der Waals surface area contributed by atoms with Crippen LogP contribution < -0.4 is 10.6 Å². The van der Waals surface area contributed by atoms with Crippen LogP contribution in [0.15, 0.2) is 0 Å². The Labute approximate surface area is 80.5 Å². The van der Waals surface area contributed by atoms with Crippen molar-refractivity contribution in [2.45, 2.75) is 19.9 Å². The summed E-state index contributed by atoms with van der Waals surface area (Å²) in [6.07, 6.45) is 0. The van der Waals surface area contributed by atoms with E-state index in [4.69, 9.17) is 12.2 Å². The molecule has 0 radical (unpaired) electrons. The van der Waals surface area contributed by atoms with Crippen LogP contribution >= 0.6 is 12.2 Å². The Morgan fingerprint density at radius 2 is 2.08 bits per heavy atom. The topological polar surface area (TPSA) is 27.3 Å². The van der Waals surface area contributed by atoms with Crippen molar-refractivity contribution in [1.82, 2.24) is 15.5 Å². The van der Waals surface area contributed by atoms with Crippen LogP contribution in [0.2, 0.25) is 0 Å². The Morgan fingerprint density at radius 1 is 1.50 bits per heavy atom. The molecule has 2 N–H and O–H groups in total. The van der Waals surface area contributed by atoms with Crippen molar-refractivity contribution in [3.8, 4) is 0 Å². The minimum Gasteiger partial charge on any atom is -0.366 e. The Hall–Kier alpha value is -0.350. The highest BCUT2D eigenvalue weighted by molar-refractivity contribution is 7.80. The van der Waals surface area contributed by atoms with Crippen molar-refractivity contribution in [3.63, 3.8) is 0 Å². The van der Waals surface area contributed by atoms with Crippen LogP contribution in [-0.2, 0) is 0 Å². The normalized spacial score (nSPS) is 10.5. The fourth-order valence-corrected chi connectivity index (χ4v) is 0.794. The van der Waals surface area contributed by atoms with E-state index >= 15 is 0 Å². The molecule has 4 heteroatoms. The van der Waals surface area contributed by atoms with Crippen molar-refractivity contribution < 1.29 is 0 Å². The standard InChI is InChI=1S/C8H19N3S/c1-7(2)11(4)6-5-10-8(12)9-3/h7H,5-6H2,1-4H3,(H2,9,10,12). The summed E-state index contributed by atoms with van der Waals surface area (Å²) >= 11 is 4.93. The molecule has 12 heavy (non-hydrogen) atoms. The van der Waals surface area contributed by atoms with E-state index in [2.05, 4.69) is 36.4 Å². The molecule has 0 atom stereocenters. The fraction of sp³-hybridized carbons (Fsp3) is 0.875. The lowest BCUT2D eigenvalue weighted by molar-refractivity contribution is 0.278. The summed E-state index contributed by atoms with van der Waals surface area (Å²) in [5, 5.41) is 6.68. The molecule has 0 fully saturated rings. The van der Waals surface area contributed by atoms with Gasteiger partial charge < -0.3 is 15.5 Å². The van der Waals surface area contributed by atoms with E-state index in [1.165, 1.54) is 0 Å². The van der Waals surface area contributed by atoms with Crippen molar-refractivity contribution in [1.29, 1.82) is 0 Å². The average molecular weight is 189 g/mol. The molecule has 0 aliphatic heterocycles. The van der Waals surface area contributed by atoms with Crippen molar-refractivity contribution in [2.24, 2.45) is 0 Å². The van der Waals surface area contributed by atoms with Gasteiger partial charge in [0.2, 0.25) is 0 Å². The van der Waals surface area contributed by atoms with Crippen molar-refractivity contribution >= 4 is 17.3 Å². The summed E-state index contributed by atoms with van der Waals surface area (Å²) in [6.45, 7) is 6.26. The summed E-state index contributed by atoms with van der Waals surface area (Å²) in [5.74, 6) is 0. The summed E-state index contributed by atoms with van der Waals surface area (Å²) in [4.78, 5) is 2.27. The summed E-state index contributed by atoms with van der Waals surface area (Å²) in [7, 11) is 3.93. The summed E-state index contributed by atoms with van der Waals surface area (Å²) in [6, 6.07) is 0.593. The molecule has 0 spiro atoms. The summed E-state index contributed by atoms with van der Waals surface area (Å²) in [5.41, 5.74) is 0. The minimum atomic E-state index is 0.593. The second-order valence-corrected chi connectivity index (χ2v) is 3.49. The molecular weight excluding hydrogens is 170 g/mol. The second kappa shape index (κ2) is 6.20. The van der Waals surface area contributed by atoms with Gasteiger partial charge in [-0.05, 0) is 33.1 Å². The zero-order valence-electron chi connectivity index (χ0n) is 8.35. The van der Waals surface area contributed by atoms with E-state index in [-0.39, 0.29) is 0 Å². The fourth-order valence-electron chi connectivity index (χ4n) is 0.692. The third-order valence-corrected chi connectivity index (χ3v) is 2.21. The maximum Gasteiger partial charge on any atom is 0.166 e. The van der Waals surface area contributed by atoms with Crippen molar-refractivity contribution in [2.75, 3.05) is 27.2 Å². The van der Waals surface area contributed by atoms with Gasteiger partial charge in [0.25, 0.3) is 0 Å². The van der Waals surface area contributed by atoms with E-state index in [1.54, 1.807) is 0 Å². The Bertz CT molecular complexity index is 136. The highest BCUT2D eigenvalue weighted by Crippen LogP contribution is 1.90. The predicted octanol–water partition coefficient (Wildman–Crippen LogP) is 0.420. The molecule has 0 aromatic rings. The molecule has 3 nitrogen and oxygen atoms in total. The molecule has 0 amide bonds. The molecule has 0 saturated carbocycles. The molecule has 0 aromatic carbocycles. The zero-order valence-corrected chi connectivity index (χ0v) is 9.16. The smallest absolute Gasteiger partial charge is 0.166 e. The maximum atomic E-state index is 4.93. The second-order valence-electron chi connectivity index (χ2n) is 3.08. The van der Waals surface area contributed by atoms with Gasteiger partial charge in [0.15, 0.2) is 5.11 Å². The van der Waals surface area contributed by atoms with Crippen LogP contribution in [-0.4, -0.2) is 43.2 Å². The van der Waals surface area contributed by atoms with Gasteiger partial charge in [0.05, 0.1) is 0 Å². The number of hydrogen-bond acceptors (Lipinski definition) is 2. The first-order valence-corrected chi connectivity index (χ1v) is 4.64. The molecule has 0 bridgehead atoms. The number of rotatable bonds is 4. The number of nitrogens with zero attached hydrogens (tertiary/aromatic N) is 1. The van der Waals surface area contributed by atoms with Crippen LogP contribution in [0.4, 0.5) is 0 Å². The Balaban J connectivity index is 3.37. The number of thiocarbonyl (C=S) groups is 1. The molecule has 0 aliphatic rings. The molecule has 72 valence electrons. The number of likely N-dealkylation sites (N-methyl/N-ethyl adjacent to an activating group) is 1. The number of nitrogens with one attached hydrogen (secondary N) is 2. The van der Waals surface area contributed by atoms with E-state index in [1.807, 2.05) is 7.05 Å². The van der Waals surface area contributed by atoms with Crippen LogP contribution in [0.3, 0.4) is 0 Å². The largest absolute Gasteiger partial charge is 0.366 e. The monoisotopic (exact) mass is 189 g/mol. The summed E-state index contributed by atoms with van der Waals surface area (Å²) < 4.78 is 0. The SMILES string of the molecule is CNC(=S)NCCN(C)C(C)C. The first-order valence-electron chi connectivity index (χ1n) is 4.23. The highest BCUT2D eigenvalue weighted by atomic mass is 32.1. The van der Waals surface area contributed by atoms with Gasteiger partial charge in [-0.1, -0.05) is 0 Å². The third-order valence-electron chi connectivity index (χ3n) is 1.86. The van der Waals surface area contributed by atoms with Gasteiger partial charge >= 0.3 is 0 Å². The molecule has 0 unspecified atom stereocenters. The highest BCUT2D eigenvalue weighted by Gasteiger charge is 2.01. The van der Waals surface area contributed by atoms with Gasteiger partial charge in [-0.2, -0.15) is 0 Å². The molecule has 0 saturated heterocycles. The lowest BCUT2D eigenvalue weighted by atomic mass is 10.3. The van der Waals surface area contributed by atoms with Gasteiger partial charge in [0, 0.05) is 26.2 Å². The van der Waals surface area contributed by atoms with Crippen LogP contribution in [0.5, 0.6) is 0 Å². The molecule has 0 heterocycles. The zero-order chi connectivity index (χ0) is 9.56. The maximum absolute atomic E-state index is 4.93. The van der Waals surface area contributed by atoms with E-state index in [0.717, 1.165) is 13.1 Å². The minimum absolute atomic E-state index is 0.593. The first-order chi connectivity index (χ1) is 5.57. The van der Waals surface area contributed by atoms with E-state index < -0.39 is 0 Å². The molecule has 0 aliphatic carbocycles. The van der Waals surface area contributed by atoms with Crippen molar-refractivity contribution in [3.05, 3.63) is 0 Å². The van der Waals surface area contributed by atoms with Crippen LogP contribution in [0, 0.1) is 0 Å². The first kappa shape index (κ1) is 11.6. The average Bonchev–Trinajstić information content (AvgIpc) is 2.03. The number of hydrogen-bond donors (Lipinski definition) is 2.